The van der Waals surface area contributed by atoms with E-state index in [0.29, 0.717) is 0 Å². The number of aliphatic hydroxyl groups excluding tert-OH is 33. The molecule has 9 fully saturated rings. The van der Waals surface area contributed by atoms with Gasteiger partial charge in [-0.25, -0.2) is 0 Å². The van der Waals surface area contributed by atoms with Crippen LogP contribution in [-0.4, -0.2) is 526 Å². The Bertz CT molecular complexity index is 2480. The minimum atomic E-state index is -2.43. The first-order valence-corrected chi connectivity index (χ1v) is 31.7. The first-order chi connectivity index (χ1) is 48.0. The zero-order valence-electron chi connectivity index (χ0n) is 55.4. The Hall–Kier alpha value is -2.08. The summed E-state index contributed by atoms with van der Waals surface area (Å²) < 4.78 is 79.5. The molecule has 106 heavy (non-hydrogen) atoms. The van der Waals surface area contributed by atoms with Crippen molar-refractivity contribution in [1.29, 1.82) is 0 Å². The molecule has 0 aromatic carbocycles. The maximum absolute atomic E-state index is 10.5. The molecule has 0 bridgehead atoms. The van der Waals surface area contributed by atoms with Gasteiger partial charge in [-0.2, -0.15) is 0 Å². The standard InChI is InChI=1S/C24H42O21.C18H32O16.C12H22O11.4H2O/c25-1-6-10(28)14(32)17(35)21(41-6)39-3-8-11(29)15(33)18(36)22(42-8)40-4-9-12(30)16(34)19(37)23(43-9)45-24(5-27)20(38)13(31)7(2-26)44-24;19-1-5-8(22)11(25)13(27)16(31-5)30-3-7-9(23)12(26)14(28)17(32-7)34-18(4-21)15(29)10(24)6(2-20)33-18;13-1-4-6(16)8(18)9(19)11(21-4)23-12(3-15)10(20)7(17)5(2-14)22-12;;;;/h6-23,25-38H,1-5H2;5-17,19-29H,1-4H2;4-11,13-20H,1-3H2;4*1H2/t6-,7-,8-,9-,10+,11+,12-,13-,14+,15+,16+,17-,18-,19-,20+,21+,22+,23-,24+;5-,6-,7-,8+,9-,10-,11+,12+,13-,14-,15+,16+,17-,18+;4-,5-,6-,7-,8+,9-,10+,11-,12+;;;;/m111..../s1. The predicted octanol–water partition coefficient (Wildman–Crippen LogP) is -26.0. The Kier molecular flexibility index (Phi) is 38.7. The fourth-order valence-electron chi connectivity index (χ4n) is 12.0. The molecular formula is C54H104O52. The van der Waals surface area contributed by atoms with Gasteiger partial charge in [-0.3, -0.25) is 0 Å². The molecular weight excluding hydrogens is 1480 g/mol. The van der Waals surface area contributed by atoms with Crippen molar-refractivity contribution in [3.8, 4) is 0 Å². The number of rotatable bonds is 24. The van der Waals surface area contributed by atoms with Crippen molar-refractivity contribution >= 4 is 0 Å². The van der Waals surface area contributed by atoms with E-state index in [2.05, 4.69) is 0 Å². The number of hydrogen-bond acceptors (Lipinski definition) is 48. The fraction of sp³-hybridized carbons (Fsp3) is 1.00. The fourth-order valence-corrected chi connectivity index (χ4v) is 12.0. The molecule has 0 aromatic heterocycles. The summed E-state index contributed by atoms with van der Waals surface area (Å²) in [5.41, 5.74) is 0. The summed E-state index contributed by atoms with van der Waals surface area (Å²) in [5.74, 6) is -7.01. The van der Waals surface area contributed by atoms with Crippen LogP contribution in [0.15, 0.2) is 0 Å². The van der Waals surface area contributed by atoms with Crippen molar-refractivity contribution in [2.45, 2.75) is 257 Å². The molecule has 9 heterocycles. The molecule has 0 saturated carbocycles. The summed E-state index contributed by atoms with van der Waals surface area (Å²) in [6.07, 6.45) is -65.8. The predicted molar refractivity (Wildman–Crippen MR) is 318 cm³/mol. The Labute approximate surface area is 596 Å². The van der Waals surface area contributed by atoms with Crippen molar-refractivity contribution in [2.75, 3.05) is 79.3 Å². The van der Waals surface area contributed by atoms with E-state index >= 15 is 0 Å². The summed E-state index contributed by atoms with van der Waals surface area (Å²) in [6, 6.07) is 0. The Morgan fingerprint density at radius 3 is 0.557 bits per heavy atom. The van der Waals surface area contributed by atoms with E-state index in [0.717, 1.165) is 0 Å². The first kappa shape index (κ1) is 98.1. The van der Waals surface area contributed by atoms with Gasteiger partial charge in [-0.05, 0) is 0 Å². The van der Waals surface area contributed by atoms with Gasteiger partial charge in [0, 0.05) is 0 Å². The summed E-state index contributed by atoms with van der Waals surface area (Å²) in [4.78, 5) is 0. The van der Waals surface area contributed by atoms with Crippen molar-refractivity contribution in [3.05, 3.63) is 0 Å². The van der Waals surface area contributed by atoms with Crippen LogP contribution in [-0.2, 0) is 71.1 Å². The zero-order chi connectivity index (χ0) is 76.1. The highest BCUT2D eigenvalue weighted by Gasteiger charge is 2.62. The van der Waals surface area contributed by atoms with Crippen LogP contribution in [0.2, 0.25) is 0 Å². The lowest BCUT2D eigenvalue weighted by Crippen LogP contribution is -2.64. The molecule has 41 N–H and O–H groups in total. The molecule has 9 rings (SSSR count). The van der Waals surface area contributed by atoms with E-state index in [1.165, 1.54) is 0 Å². The van der Waals surface area contributed by atoms with Crippen molar-refractivity contribution in [1.82, 2.24) is 0 Å². The third-order valence-corrected chi connectivity index (χ3v) is 18.5. The van der Waals surface area contributed by atoms with Crippen LogP contribution in [0, 0.1) is 0 Å². The molecule has 52 nitrogen and oxygen atoms in total. The SMILES string of the molecule is O.O.O.O.OC[C@H]1O[C@@](CO)(O[C@H]2O[C@H](CO)[C@@H](O)[C@H](O)[C@H]2O)[C@@H](O)[C@@H]1O.OC[C@H]1O[C@H](OC[C@H]2O[C@H](OC[C@H]3O[C@H](O[C@]4(CO)O[C@H](CO)[C@@H](O)[C@@H]4O)[C@H](O)[C@@H](O)[C@@H]3O)[C@H](O)[C@@H](O)[C@H]2O)[C@H](O)[C@@H](O)[C@H]1O.OC[C@H]1O[C@H](OC[C@H]2O[C@H](O[C@]3(CO)O[C@H](CO)[C@@H](O)[C@@H]3O)[C@H](O)[C@@H](O)[C@@H]2O)[C@H](O)[C@@H](O)[C@H]1O. The van der Waals surface area contributed by atoms with Crippen molar-refractivity contribution in [2.24, 2.45) is 0 Å². The van der Waals surface area contributed by atoms with E-state index in [-0.39, 0.29) is 21.9 Å². The third-order valence-electron chi connectivity index (χ3n) is 18.5. The topological polar surface area (TPSA) is 932 Å². The van der Waals surface area contributed by atoms with E-state index in [9.17, 15) is 158 Å². The van der Waals surface area contributed by atoms with Crippen molar-refractivity contribution < 1.29 is 261 Å². The molecule has 0 radical (unpaired) electrons. The van der Waals surface area contributed by atoms with Crippen LogP contribution < -0.4 is 0 Å². The van der Waals surface area contributed by atoms with Gasteiger partial charge in [0.1, 0.15) is 221 Å². The highest BCUT2D eigenvalue weighted by Crippen LogP contribution is 2.40. The summed E-state index contributed by atoms with van der Waals surface area (Å²) >= 11 is 0. The van der Waals surface area contributed by atoms with Gasteiger partial charge in [0.15, 0.2) is 37.7 Å². The van der Waals surface area contributed by atoms with Gasteiger partial charge >= 0.3 is 0 Å². The highest BCUT2D eigenvalue weighted by molar-refractivity contribution is 5.03. The average molecular weight is 1590 g/mol. The van der Waals surface area contributed by atoms with Gasteiger partial charge in [0.05, 0.1) is 59.5 Å². The molecule has 9 aliphatic heterocycles. The molecule has 0 aliphatic carbocycles. The Balaban J connectivity index is 0.000000426. The zero-order valence-corrected chi connectivity index (χ0v) is 55.4. The minimum absolute atomic E-state index is 0. The minimum Gasteiger partial charge on any atom is -0.412 e. The van der Waals surface area contributed by atoms with E-state index in [1.54, 1.807) is 0 Å². The van der Waals surface area contributed by atoms with Crippen molar-refractivity contribution in [3.63, 3.8) is 0 Å². The Morgan fingerprint density at radius 2 is 0.368 bits per heavy atom. The molecule has 0 unspecified atom stereocenters. The van der Waals surface area contributed by atoms with Gasteiger partial charge in [0.2, 0.25) is 17.4 Å². The quantitative estimate of drug-likeness (QED) is 0.0427. The lowest BCUT2D eigenvalue weighted by Gasteiger charge is -2.45. The van der Waals surface area contributed by atoms with Crippen LogP contribution in [0.5, 0.6) is 0 Å². The van der Waals surface area contributed by atoms with E-state index in [1.807, 2.05) is 0 Å². The maximum Gasteiger partial charge on any atom is 0.224 e. The first-order valence-electron chi connectivity index (χ1n) is 31.7. The molecule has 0 aromatic rings. The van der Waals surface area contributed by atoms with Crippen LogP contribution in [0.1, 0.15) is 0 Å². The smallest absolute Gasteiger partial charge is 0.224 e. The third kappa shape index (κ3) is 20.3. The highest BCUT2D eigenvalue weighted by atomic mass is 16.8. The number of ether oxygens (including phenoxy) is 15. The second kappa shape index (κ2) is 41.8. The van der Waals surface area contributed by atoms with E-state index < -0.39 is 336 Å². The van der Waals surface area contributed by atoms with Crippen LogP contribution in [0.25, 0.3) is 0 Å². The summed E-state index contributed by atoms with van der Waals surface area (Å²) in [7, 11) is 0. The normalized spacial score (nSPS) is 50.2. The number of aliphatic hydroxyl groups is 33. The number of hydrogen-bond donors (Lipinski definition) is 33. The van der Waals surface area contributed by atoms with Crippen LogP contribution in [0.4, 0.5) is 0 Å². The molecule has 52 heteroatoms. The molecule has 9 saturated heterocycles. The summed E-state index contributed by atoms with van der Waals surface area (Å²) in [6.45, 7) is -9.48. The second-order valence-corrected chi connectivity index (χ2v) is 25.2. The van der Waals surface area contributed by atoms with Gasteiger partial charge < -0.3 is 261 Å². The Morgan fingerprint density at radius 1 is 0.198 bits per heavy atom. The lowest BCUT2D eigenvalue weighted by atomic mass is 9.98. The second-order valence-electron chi connectivity index (χ2n) is 25.2. The lowest BCUT2D eigenvalue weighted by molar-refractivity contribution is -0.388. The van der Waals surface area contributed by atoms with Crippen LogP contribution in [0.3, 0.4) is 0 Å². The molecule has 0 amide bonds. The average Bonchev–Trinajstić information content (AvgIpc) is 1.58. The molecule has 0 spiro atoms. The van der Waals surface area contributed by atoms with E-state index in [4.69, 9.17) is 81.3 Å². The van der Waals surface area contributed by atoms with Gasteiger partial charge in [0.25, 0.3) is 0 Å². The largest absolute Gasteiger partial charge is 0.412 e. The van der Waals surface area contributed by atoms with Gasteiger partial charge in [-0.15, -0.1) is 0 Å². The molecule has 632 valence electrons. The molecule has 9 aliphatic rings. The van der Waals surface area contributed by atoms with Gasteiger partial charge in [-0.1, -0.05) is 0 Å². The monoisotopic (exact) mass is 1580 g/mol. The maximum atomic E-state index is 10.5. The molecule has 42 atom stereocenters. The van der Waals surface area contributed by atoms with Crippen LogP contribution >= 0.6 is 0 Å². The summed E-state index contributed by atoms with van der Waals surface area (Å²) in [5, 5.41) is 327.